The first-order valence-electron chi connectivity index (χ1n) is 7.29. The van der Waals surface area contributed by atoms with Gasteiger partial charge in [-0.1, -0.05) is 29.3 Å². The van der Waals surface area contributed by atoms with E-state index >= 15 is 0 Å². The molecule has 1 saturated heterocycles. The van der Waals surface area contributed by atoms with Crippen LogP contribution in [-0.2, 0) is 0 Å². The molecule has 1 aromatic rings. The second-order valence-electron chi connectivity index (χ2n) is 5.79. The van der Waals surface area contributed by atoms with Crippen molar-refractivity contribution in [2.45, 2.75) is 32.6 Å². The molecule has 3 rings (SSSR count). The highest BCUT2D eigenvalue weighted by atomic mass is 16.2. The maximum Gasteiger partial charge on any atom is 0.254 e. The number of carbonyl (C=O) groups excluding carboxylic acids is 1. The fourth-order valence-electron chi connectivity index (χ4n) is 3.19. The van der Waals surface area contributed by atoms with E-state index in [0.717, 1.165) is 31.0 Å². The van der Waals surface area contributed by atoms with Gasteiger partial charge in [0.1, 0.15) is 0 Å². The lowest BCUT2D eigenvalue weighted by atomic mass is 9.82. The molecule has 0 radical (unpaired) electrons. The van der Waals surface area contributed by atoms with Crippen LogP contribution in [-0.4, -0.2) is 23.9 Å². The number of aryl methyl sites for hydroxylation is 1. The predicted molar refractivity (Wildman–Crippen MR) is 77.1 cm³/mol. The van der Waals surface area contributed by atoms with Gasteiger partial charge in [0.2, 0.25) is 0 Å². The fourth-order valence-corrected chi connectivity index (χ4v) is 3.19. The van der Waals surface area contributed by atoms with Gasteiger partial charge in [-0.2, -0.15) is 0 Å². The molecule has 0 aromatic heterocycles. The van der Waals surface area contributed by atoms with Crippen molar-refractivity contribution in [2.75, 3.05) is 13.1 Å². The van der Waals surface area contributed by atoms with E-state index < -0.39 is 0 Å². The Balaban J connectivity index is 1.74. The molecule has 2 nitrogen and oxygen atoms in total. The van der Waals surface area contributed by atoms with Crippen molar-refractivity contribution in [1.82, 2.24) is 4.90 Å². The van der Waals surface area contributed by atoms with Crippen LogP contribution in [0.25, 0.3) is 0 Å². The second-order valence-corrected chi connectivity index (χ2v) is 5.79. The molecule has 19 heavy (non-hydrogen) atoms. The SMILES string of the molecule is Cc1ccc(C(=O)N2CCC3CCCC=C3C2)cc1. The van der Waals surface area contributed by atoms with Gasteiger partial charge in [0, 0.05) is 18.7 Å². The quantitative estimate of drug-likeness (QED) is 0.703. The first-order chi connectivity index (χ1) is 9.24. The highest BCUT2D eigenvalue weighted by molar-refractivity contribution is 5.94. The summed E-state index contributed by atoms with van der Waals surface area (Å²) in [5.41, 5.74) is 3.52. The van der Waals surface area contributed by atoms with Crippen LogP contribution >= 0.6 is 0 Å². The van der Waals surface area contributed by atoms with E-state index in [4.69, 9.17) is 0 Å². The molecule has 2 aliphatic rings. The normalized spacial score (nSPS) is 22.7. The third kappa shape index (κ3) is 2.58. The predicted octanol–water partition coefficient (Wildman–Crippen LogP) is 3.57. The Labute approximate surface area is 115 Å². The van der Waals surface area contributed by atoms with Crippen molar-refractivity contribution in [3.8, 4) is 0 Å². The zero-order chi connectivity index (χ0) is 13.2. The van der Waals surface area contributed by atoms with Crippen LogP contribution in [0.1, 0.15) is 41.6 Å². The monoisotopic (exact) mass is 255 g/mol. The van der Waals surface area contributed by atoms with Crippen molar-refractivity contribution in [1.29, 1.82) is 0 Å². The maximum atomic E-state index is 12.5. The largest absolute Gasteiger partial charge is 0.335 e. The molecule has 0 spiro atoms. The lowest BCUT2D eigenvalue weighted by Crippen LogP contribution is -2.40. The van der Waals surface area contributed by atoms with Crippen molar-refractivity contribution < 1.29 is 4.79 Å². The lowest BCUT2D eigenvalue weighted by Gasteiger charge is -2.36. The van der Waals surface area contributed by atoms with Crippen LogP contribution in [0.2, 0.25) is 0 Å². The number of fused-ring (bicyclic) bond motifs is 1. The number of nitrogens with zero attached hydrogens (tertiary/aromatic N) is 1. The number of piperidine rings is 1. The Morgan fingerprint density at radius 3 is 2.79 bits per heavy atom. The molecule has 1 heterocycles. The summed E-state index contributed by atoms with van der Waals surface area (Å²) in [4.78, 5) is 14.5. The smallest absolute Gasteiger partial charge is 0.254 e. The number of likely N-dealkylation sites (tertiary alicyclic amines) is 1. The third-order valence-corrected chi connectivity index (χ3v) is 4.39. The molecule has 1 unspecified atom stereocenters. The van der Waals surface area contributed by atoms with Gasteiger partial charge in [-0.05, 0) is 50.7 Å². The van der Waals surface area contributed by atoms with Gasteiger partial charge < -0.3 is 4.90 Å². The Morgan fingerprint density at radius 1 is 1.21 bits per heavy atom. The molecule has 100 valence electrons. The summed E-state index contributed by atoms with van der Waals surface area (Å²) in [6, 6.07) is 7.91. The highest BCUT2D eigenvalue weighted by Crippen LogP contribution is 2.32. The van der Waals surface area contributed by atoms with Crippen LogP contribution < -0.4 is 0 Å². The van der Waals surface area contributed by atoms with Crippen molar-refractivity contribution in [3.63, 3.8) is 0 Å². The van der Waals surface area contributed by atoms with E-state index in [1.165, 1.54) is 30.4 Å². The van der Waals surface area contributed by atoms with Crippen LogP contribution in [0.5, 0.6) is 0 Å². The van der Waals surface area contributed by atoms with Crippen LogP contribution in [0, 0.1) is 12.8 Å². The molecule has 1 amide bonds. The van der Waals surface area contributed by atoms with E-state index in [-0.39, 0.29) is 5.91 Å². The van der Waals surface area contributed by atoms with Crippen molar-refractivity contribution in [2.24, 2.45) is 5.92 Å². The Kier molecular flexibility index (Phi) is 3.41. The van der Waals surface area contributed by atoms with Gasteiger partial charge in [0.25, 0.3) is 5.91 Å². The zero-order valence-corrected chi connectivity index (χ0v) is 11.6. The third-order valence-electron chi connectivity index (χ3n) is 4.39. The maximum absolute atomic E-state index is 12.5. The lowest BCUT2D eigenvalue weighted by molar-refractivity contribution is 0.0730. The van der Waals surface area contributed by atoms with Crippen LogP contribution in [0.15, 0.2) is 35.9 Å². The number of allylic oxidation sites excluding steroid dienone is 1. The first kappa shape index (κ1) is 12.5. The second kappa shape index (κ2) is 5.20. The molecular formula is C17H21NO. The summed E-state index contributed by atoms with van der Waals surface area (Å²) >= 11 is 0. The average molecular weight is 255 g/mol. The molecule has 0 saturated carbocycles. The summed E-state index contributed by atoms with van der Waals surface area (Å²) in [6.45, 7) is 3.80. The summed E-state index contributed by atoms with van der Waals surface area (Å²) in [5.74, 6) is 0.931. The number of carbonyl (C=O) groups is 1. The average Bonchev–Trinajstić information content (AvgIpc) is 2.47. The number of amides is 1. The fraction of sp³-hybridized carbons (Fsp3) is 0.471. The van der Waals surface area contributed by atoms with Gasteiger partial charge in [0.15, 0.2) is 0 Å². The molecule has 1 aliphatic carbocycles. The molecule has 1 atom stereocenters. The van der Waals surface area contributed by atoms with E-state index in [9.17, 15) is 4.79 Å². The van der Waals surface area contributed by atoms with E-state index in [1.54, 1.807) is 0 Å². The van der Waals surface area contributed by atoms with Crippen LogP contribution in [0.4, 0.5) is 0 Å². The highest BCUT2D eigenvalue weighted by Gasteiger charge is 2.28. The number of benzene rings is 1. The van der Waals surface area contributed by atoms with Gasteiger partial charge >= 0.3 is 0 Å². The minimum Gasteiger partial charge on any atom is -0.335 e. The molecule has 0 N–H and O–H groups in total. The van der Waals surface area contributed by atoms with Gasteiger partial charge in [0.05, 0.1) is 0 Å². The molecule has 2 heteroatoms. The minimum absolute atomic E-state index is 0.185. The molecular weight excluding hydrogens is 234 g/mol. The van der Waals surface area contributed by atoms with E-state index in [1.807, 2.05) is 36.1 Å². The summed E-state index contributed by atoms with van der Waals surface area (Å²) < 4.78 is 0. The number of rotatable bonds is 1. The molecule has 1 fully saturated rings. The molecule has 1 aromatic carbocycles. The topological polar surface area (TPSA) is 20.3 Å². The molecule has 1 aliphatic heterocycles. The molecule has 0 bridgehead atoms. The van der Waals surface area contributed by atoms with Gasteiger partial charge in [-0.3, -0.25) is 4.79 Å². The van der Waals surface area contributed by atoms with Gasteiger partial charge in [-0.15, -0.1) is 0 Å². The summed E-state index contributed by atoms with van der Waals surface area (Å²) in [7, 11) is 0. The van der Waals surface area contributed by atoms with E-state index in [0.29, 0.717) is 0 Å². The summed E-state index contributed by atoms with van der Waals surface area (Å²) in [6.07, 6.45) is 7.34. The Bertz CT molecular complexity index is 500. The number of hydrogen-bond donors (Lipinski definition) is 0. The minimum atomic E-state index is 0.185. The van der Waals surface area contributed by atoms with Crippen LogP contribution in [0.3, 0.4) is 0 Å². The van der Waals surface area contributed by atoms with Gasteiger partial charge in [-0.25, -0.2) is 0 Å². The van der Waals surface area contributed by atoms with Crippen molar-refractivity contribution in [3.05, 3.63) is 47.0 Å². The Morgan fingerprint density at radius 2 is 2.00 bits per heavy atom. The van der Waals surface area contributed by atoms with Crippen molar-refractivity contribution >= 4 is 5.91 Å². The first-order valence-corrected chi connectivity index (χ1v) is 7.29. The standard InChI is InChI=1S/C17H21NO/c1-13-6-8-15(9-7-13)17(19)18-11-10-14-4-2-3-5-16(14)12-18/h5-9,14H,2-4,10-12H2,1H3. The number of hydrogen-bond acceptors (Lipinski definition) is 1. The van der Waals surface area contributed by atoms with E-state index in [2.05, 4.69) is 6.08 Å². The summed E-state index contributed by atoms with van der Waals surface area (Å²) in [5, 5.41) is 0. The Hall–Kier alpha value is -1.57. The zero-order valence-electron chi connectivity index (χ0n) is 11.6.